The zero-order valence-electron chi connectivity index (χ0n) is 18.9. The van der Waals surface area contributed by atoms with Gasteiger partial charge >= 0.3 is 0 Å². The van der Waals surface area contributed by atoms with Gasteiger partial charge in [-0.05, 0) is 35.9 Å². The number of hydrogen-bond donors (Lipinski definition) is 2. The third-order valence-electron chi connectivity index (χ3n) is 5.20. The third-order valence-corrected chi connectivity index (χ3v) is 5.20. The van der Waals surface area contributed by atoms with Gasteiger partial charge < -0.3 is 24.7 Å². The molecule has 0 saturated heterocycles. The highest BCUT2D eigenvalue weighted by atomic mass is 16.5. The van der Waals surface area contributed by atoms with E-state index in [1.54, 1.807) is 42.4 Å². The third kappa shape index (κ3) is 5.26. The van der Waals surface area contributed by atoms with Gasteiger partial charge in [-0.25, -0.2) is 4.98 Å². The Morgan fingerprint density at radius 2 is 1.69 bits per heavy atom. The van der Waals surface area contributed by atoms with Gasteiger partial charge in [-0.15, -0.1) is 0 Å². The van der Waals surface area contributed by atoms with Crippen LogP contribution in [0.15, 0.2) is 55.0 Å². The molecule has 2 amide bonds. The zero-order chi connectivity index (χ0) is 23.3. The van der Waals surface area contributed by atoms with Crippen molar-refractivity contribution in [2.75, 3.05) is 26.1 Å². The number of hydrogen-bond acceptors (Lipinski definition) is 5. The smallest absolute Gasteiger partial charge is 0.271 e. The Balaban J connectivity index is 1.63. The maximum atomic E-state index is 12.6. The number of benzene rings is 2. The fraction of sp³-hybridized carbons (Fsp3) is 0.292. The fourth-order valence-electron chi connectivity index (χ4n) is 3.21. The first-order chi connectivity index (χ1) is 15.2. The number of aromatic nitrogens is 2. The van der Waals surface area contributed by atoms with Crippen LogP contribution in [0.25, 0.3) is 0 Å². The van der Waals surface area contributed by atoms with Crippen LogP contribution in [0.1, 0.15) is 40.3 Å². The first-order valence-electron chi connectivity index (χ1n) is 10.1. The van der Waals surface area contributed by atoms with Crippen molar-refractivity contribution < 1.29 is 19.1 Å². The summed E-state index contributed by atoms with van der Waals surface area (Å²) in [7, 11) is 4.89. The van der Waals surface area contributed by atoms with E-state index < -0.39 is 0 Å². The topological polar surface area (TPSA) is 94.5 Å². The molecule has 0 aliphatic heterocycles. The Morgan fingerprint density at radius 3 is 2.28 bits per heavy atom. The van der Waals surface area contributed by atoms with Crippen LogP contribution >= 0.6 is 0 Å². The molecule has 0 fully saturated rings. The Bertz CT molecular complexity index is 1100. The second-order valence-electron chi connectivity index (χ2n) is 8.09. The lowest BCUT2D eigenvalue weighted by Gasteiger charge is -2.25. The Kier molecular flexibility index (Phi) is 6.82. The van der Waals surface area contributed by atoms with Crippen molar-refractivity contribution in [1.82, 2.24) is 14.9 Å². The van der Waals surface area contributed by atoms with Crippen LogP contribution in [0.5, 0.6) is 11.5 Å². The SMILES string of the molecule is COc1ccc(C(=O)Nc2ccc(C(C)(C)CNC(=O)c3cn(C)cn3)cc2)cc1OC. The van der Waals surface area contributed by atoms with Crippen LogP contribution in [0.4, 0.5) is 5.69 Å². The van der Waals surface area contributed by atoms with Crippen LogP contribution in [0.3, 0.4) is 0 Å². The van der Waals surface area contributed by atoms with E-state index in [0.29, 0.717) is 35.0 Å². The summed E-state index contributed by atoms with van der Waals surface area (Å²) < 4.78 is 12.2. The average Bonchev–Trinajstić information content (AvgIpc) is 3.23. The first-order valence-corrected chi connectivity index (χ1v) is 10.1. The summed E-state index contributed by atoms with van der Waals surface area (Å²) in [6, 6.07) is 12.6. The van der Waals surface area contributed by atoms with Gasteiger partial charge in [-0.1, -0.05) is 26.0 Å². The summed E-state index contributed by atoms with van der Waals surface area (Å²) in [5, 5.41) is 5.82. The molecule has 0 atom stereocenters. The normalized spacial score (nSPS) is 11.0. The van der Waals surface area contributed by atoms with Gasteiger partial charge in [0.2, 0.25) is 0 Å². The molecule has 8 nitrogen and oxygen atoms in total. The van der Waals surface area contributed by atoms with Crippen LogP contribution in [-0.2, 0) is 12.5 Å². The lowest BCUT2D eigenvalue weighted by Crippen LogP contribution is -2.36. The van der Waals surface area contributed by atoms with Gasteiger partial charge in [-0.2, -0.15) is 0 Å². The highest BCUT2D eigenvalue weighted by Crippen LogP contribution is 2.28. The van der Waals surface area contributed by atoms with Gasteiger partial charge in [0.05, 0.1) is 20.5 Å². The maximum Gasteiger partial charge on any atom is 0.271 e. The molecule has 1 heterocycles. The molecule has 168 valence electrons. The largest absolute Gasteiger partial charge is 0.493 e. The zero-order valence-corrected chi connectivity index (χ0v) is 18.9. The molecule has 0 bridgehead atoms. The molecule has 0 aliphatic carbocycles. The van der Waals surface area contributed by atoms with Gasteiger partial charge in [0.1, 0.15) is 5.69 Å². The number of rotatable bonds is 8. The number of anilines is 1. The van der Waals surface area contributed by atoms with E-state index in [1.807, 2.05) is 45.2 Å². The summed E-state index contributed by atoms with van der Waals surface area (Å²) in [5.74, 6) is 0.592. The minimum absolute atomic E-state index is 0.211. The molecule has 0 spiro atoms. The number of methoxy groups -OCH3 is 2. The molecular formula is C24H28N4O4. The van der Waals surface area contributed by atoms with E-state index in [2.05, 4.69) is 15.6 Å². The van der Waals surface area contributed by atoms with Crippen LogP contribution in [0, 0.1) is 0 Å². The van der Waals surface area contributed by atoms with E-state index in [9.17, 15) is 9.59 Å². The monoisotopic (exact) mass is 436 g/mol. The number of ether oxygens (including phenoxy) is 2. The van der Waals surface area contributed by atoms with Gasteiger partial charge in [0.25, 0.3) is 11.8 Å². The number of carbonyl (C=O) groups is 2. The highest BCUT2D eigenvalue weighted by molar-refractivity contribution is 6.04. The predicted molar refractivity (Wildman–Crippen MR) is 123 cm³/mol. The van der Waals surface area contributed by atoms with Crippen molar-refractivity contribution >= 4 is 17.5 Å². The molecule has 0 aliphatic rings. The summed E-state index contributed by atoms with van der Waals surface area (Å²) >= 11 is 0. The second kappa shape index (κ2) is 9.55. The Hall–Kier alpha value is -3.81. The molecular weight excluding hydrogens is 408 g/mol. The maximum absolute atomic E-state index is 12.6. The lowest BCUT2D eigenvalue weighted by molar-refractivity contribution is 0.0940. The number of amides is 2. The molecule has 3 rings (SSSR count). The quantitative estimate of drug-likeness (QED) is 0.564. The minimum atomic E-state index is -0.309. The molecule has 1 aromatic heterocycles. The van der Waals surface area contributed by atoms with Gasteiger partial charge in [0.15, 0.2) is 11.5 Å². The van der Waals surface area contributed by atoms with Crippen molar-refractivity contribution in [3.8, 4) is 11.5 Å². The van der Waals surface area contributed by atoms with Crippen molar-refractivity contribution in [1.29, 1.82) is 0 Å². The van der Waals surface area contributed by atoms with Crippen LogP contribution in [-0.4, -0.2) is 42.1 Å². The number of nitrogens with zero attached hydrogens (tertiary/aromatic N) is 2. The average molecular weight is 437 g/mol. The Morgan fingerprint density at radius 1 is 1.00 bits per heavy atom. The summed E-state index contributed by atoms with van der Waals surface area (Å²) in [6.07, 6.45) is 3.27. The number of aryl methyl sites for hydroxylation is 1. The van der Waals surface area contributed by atoms with E-state index in [4.69, 9.17) is 9.47 Å². The first kappa shape index (κ1) is 22.9. The minimum Gasteiger partial charge on any atom is -0.493 e. The molecule has 8 heteroatoms. The number of carbonyl (C=O) groups excluding carboxylic acids is 2. The molecule has 0 radical (unpaired) electrons. The second-order valence-corrected chi connectivity index (χ2v) is 8.09. The van der Waals surface area contributed by atoms with Crippen LogP contribution in [0.2, 0.25) is 0 Å². The molecule has 32 heavy (non-hydrogen) atoms. The predicted octanol–water partition coefficient (Wildman–Crippen LogP) is 3.40. The molecule has 2 N–H and O–H groups in total. The van der Waals surface area contributed by atoms with Crippen LogP contribution < -0.4 is 20.1 Å². The molecule has 2 aromatic carbocycles. The molecule has 0 unspecified atom stereocenters. The van der Waals surface area contributed by atoms with Crippen molar-refractivity contribution in [2.45, 2.75) is 19.3 Å². The van der Waals surface area contributed by atoms with E-state index in [0.717, 1.165) is 5.56 Å². The standard InChI is InChI=1S/C24H28N4O4/c1-24(2,14-25-23(30)19-13-28(3)15-26-19)17-7-9-18(10-8-17)27-22(29)16-6-11-20(31-4)21(12-16)32-5/h6-13,15H,14H2,1-5H3,(H,25,30)(H,27,29). The number of imidazole rings is 1. The van der Waals surface area contributed by atoms with E-state index >= 15 is 0 Å². The Labute approximate surface area is 187 Å². The molecule has 3 aromatic rings. The van der Waals surface area contributed by atoms with E-state index in [-0.39, 0.29) is 17.2 Å². The summed E-state index contributed by atoms with van der Waals surface area (Å²) in [5.41, 5.74) is 2.24. The summed E-state index contributed by atoms with van der Waals surface area (Å²) in [4.78, 5) is 29.0. The highest BCUT2D eigenvalue weighted by Gasteiger charge is 2.22. The fourth-order valence-corrected chi connectivity index (χ4v) is 3.21. The number of nitrogens with one attached hydrogen (secondary N) is 2. The van der Waals surface area contributed by atoms with Crippen molar-refractivity contribution in [2.24, 2.45) is 7.05 Å². The lowest BCUT2D eigenvalue weighted by atomic mass is 9.84. The van der Waals surface area contributed by atoms with Crippen molar-refractivity contribution in [3.05, 3.63) is 71.8 Å². The van der Waals surface area contributed by atoms with Gasteiger partial charge in [-0.3, -0.25) is 9.59 Å². The summed E-state index contributed by atoms with van der Waals surface area (Å²) in [6.45, 7) is 4.53. The van der Waals surface area contributed by atoms with Crippen molar-refractivity contribution in [3.63, 3.8) is 0 Å². The molecule has 0 saturated carbocycles. The van der Waals surface area contributed by atoms with E-state index in [1.165, 1.54) is 7.11 Å². The van der Waals surface area contributed by atoms with Gasteiger partial charge in [0, 0.05) is 36.5 Å².